The lowest BCUT2D eigenvalue weighted by Crippen LogP contribution is -2.31. The van der Waals surface area contributed by atoms with E-state index in [0.29, 0.717) is 18.3 Å². The van der Waals surface area contributed by atoms with Crippen molar-refractivity contribution in [2.24, 2.45) is 11.7 Å². The number of carbonyl (C=O) groups excluding carboxylic acids is 1. The van der Waals surface area contributed by atoms with E-state index >= 15 is 0 Å². The molecular weight excluding hydrogens is 312 g/mol. The number of amides is 1. The molecule has 2 N–H and O–H groups in total. The van der Waals surface area contributed by atoms with Gasteiger partial charge in [-0.05, 0) is 41.5 Å². The molecule has 2 aromatic rings. The van der Waals surface area contributed by atoms with E-state index in [2.05, 4.69) is 24.3 Å². The number of ether oxygens (including phenoxy) is 1. The molecule has 4 heteroatoms. The van der Waals surface area contributed by atoms with Crippen LogP contribution in [0.3, 0.4) is 0 Å². The molecule has 1 amide bonds. The summed E-state index contributed by atoms with van der Waals surface area (Å²) in [6.07, 6.45) is 1.47. The van der Waals surface area contributed by atoms with E-state index in [1.54, 1.807) is 7.11 Å². The molecule has 0 bridgehead atoms. The molecule has 0 spiro atoms. The molecule has 2 aromatic carbocycles. The summed E-state index contributed by atoms with van der Waals surface area (Å²) in [7, 11) is 3.50. The number of rotatable bonds is 7. The zero-order valence-corrected chi connectivity index (χ0v) is 14.9. The maximum absolute atomic E-state index is 12.5. The summed E-state index contributed by atoms with van der Waals surface area (Å²) < 4.78 is 5.22. The Balaban J connectivity index is 1.51. The molecule has 1 unspecified atom stereocenters. The first-order valence-electron chi connectivity index (χ1n) is 8.77. The van der Waals surface area contributed by atoms with Crippen LogP contribution in [-0.4, -0.2) is 31.5 Å². The van der Waals surface area contributed by atoms with Crippen LogP contribution < -0.4 is 10.5 Å². The molecule has 0 aromatic heterocycles. The third-order valence-electron chi connectivity index (χ3n) is 5.00. The van der Waals surface area contributed by atoms with Crippen molar-refractivity contribution in [3.63, 3.8) is 0 Å². The van der Waals surface area contributed by atoms with Gasteiger partial charge in [-0.1, -0.05) is 42.5 Å². The van der Waals surface area contributed by atoms with Crippen molar-refractivity contribution >= 4 is 5.91 Å². The topological polar surface area (TPSA) is 55.6 Å². The number of carbonyl (C=O) groups is 1. The zero-order chi connectivity index (χ0) is 17.8. The molecule has 0 saturated heterocycles. The Labute approximate surface area is 149 Å². The fourth-order valence-corrected chi connectivity index (χ4v) is 3.35. The molecule has 0 aliphatic heterocycles. The minimum atomic E-state index is -0.311. The second-order valence-corrected chi connectivity index (χ2v) is 6.87. The number of methoxy groups -OCH3 is 1. The van der Waals surface area contributed by atoms with Crippen molar-refractivity contribution in [1.29, 1.82) is 0 Å². The van der Waals surface area contributed by atoms with Crippen molar-refractivity contribution in [2.45, 2.75) is 24.8 Å². The Hall–Kier alpha value is -2.33. The zero-order valence-electron chi connectivity index (χ0n) is 14.9. The summed E-state index contributed by atoms with van der Waals surface area (Å²) in [5.74, 6) is 2.00. The monoisotopic (exact) mass is 338 g/mol. The minimum absolute atomic E-state index is 0.0917. The van der Waals surface area contributed by atoms with Gasteiger partial charge in [0.05, 0.1) is 7.11 Å². The van der Waals surface area contributed by atoms with Gasteiger partial charge in [0, 0.05) is 26.1 Å². The number of benzene rings is 2. The first-order valence-corrected chi connectivity index (χ1v) is 8.77. The van der Waals surface area contributed by atoms with Gasteiger partial charge in [-0.25, -0.2) is 0 Å². The molecule has 0 radical (unpaired) electrons. The molecule has 1 aliphatic carbocycles. The quantitative estimate of drug-likeness (QED) is 0.842. The van der Waals surface area contributed by atoms with Crippen LogP contribution in [0.5, 0.6) is 5.75 Å². The molecule has 1 saturated carbocycles. The Morgan fingerprint density at radius 3 is 2.72 bits per heavy atom. The summed E-state index contributed by atoms with van der Waals surface area (Å²) in [6, 6.07) is 17.8. The number of nitrogens with zero attached hydrogens (tertiary/aromatic N) is 1. The van der Waals surface area contributed by atoms with Gasteiger partial charge in [0.15, 0.2) is 0 Å². The van der Waals surface area contributed by atoms with Crippen LogP contribution in [0, 0.1) is 5.92 Å². The van der Waals surface area contributed by atoms with Crippen molar-refractivity contribution in [3.8, 4) is 5.75 Å². The van der Waals surface area contributed by atoms with Gasteiger partial charge in [0.1, 0.15) is 5.75 Å². The van der Waals surface area contributed by atoms with Crippen molar-refractivity contribution < 1.29 is 9.53 Å². The summed E-state index contributed by atoms with van der Waals surface area (Å²) >= 11 is 0. The summed E-state index contributed by atoms with van der Waals surface area (Å²) in [5, 5.41) is 0. The lowest BCUT2D eigenvalue weighted by molar-refractivity contribution is -0.130. The van der Waals surface area contributed by atoms with Crippen LogP contribution in [0.15, 0.2) is 54.6 Å². The largest absolute Gasteiger partial charge is 0.497 e. The average molecular weight is 338 g/mol. The first-order chi connectivity index (χ1) is 12.1. The second kappa shape index (κ2) is 7.70. The molecule has 3 atom stereocenters. The van der Waals surface area contributed by atoms with Gasteiger partial charge in [0.25, 0.3) is 0 Å². The molecule has 0 heterocycles. The van der Waals surface area contributed by atoms with E-state index in [4.69, 9.17) is 10.5 Å². The maximum Gasteiger partial charge on any atom is 0.224 e. The Kier molecular flexibility index (Phi) is 5.39. The Morgan fingerprint density at radius 2 is 2.00 bits per heavy atom. The number of hydrogen-bond acceptors (Lipinski definition) is 3. The van der Waals surface area contributed by atoms with Gasteiger partial charge in [-0.2, -0.15) is 0 Å². The highest BCUT2D eigenvalue weighted by Gasteiger charge is 2.39. The third kappa shape index (κ3) is 4.40. The summed E-state index contributed by atoms with van der Waals surface area (Å²) in [6.45, 7) is 0.795. The first kappa shape index (κ1) is 17.5. The van der Waals surface area contributed by atoms with Crippen molar-refractivity contribution in [2.75, 3.05) is 20.7 Å². The van der Waals surface area contributed by atoms with E-state index in [9.17, 15) is 4.79 Å². The molecule has 1 aliphatic rings. The van der Waals surface area contributed by atoms with E-state index in [0.717, 1.165) is 24.3 Å². The Bertz CT molecular complexity index is 717. The molecule has 1 fully saturated rings. The van der Waals surface area contributed by atoms with E-state index < -0.39 is 0 Å². The summed E-state index contributed by atoms with van der Waals surface area (Å²) in [5.41, 5.74) is 8.52. The average Bonchev–Trinajstić information content (AvgIpc) is 3.41. The highest BCUT2D eigenvalue weighted by molar-refractivity contribution is 5.76. The molecule has 25 heavy (non-hydrogen) atoms. The van der Waals surface area contributed by atoms with Crippen LogP contribution in [0.1, 0.15) is 35.9 Å². The van der Waals surface area contributed by atoms with Crippen LogP contribution in [0.2, 0.25) is 0 Å². The third-order valence-corrected chi connectivity index (χ3v) is 5.00. The summed E-state index contributed by atoms with van der Waals surface area (Å²) in [4.78, 5) is 14.3. The number of hydrogen-bond donors (Lipinski definition) is 1. The van der Waals surface area contributed by atoms with Gasteiger partial charge >= 0.3 is 0 Å². The van der Waals surface area contributed by atoms with Crippen LogP contribution >= 0.6 is 0 Å². The molecule has 4 nitrogen and oxygen atoms in total. The normalized spacial score (nSPS) is 20.0. The van der Waals surface area contributed by atoms with E-state index in [-0.39, 0.29) is 11.9 Å². The van der Waals surface area contributed by atoms with Gasteiger partial charge in [-0.3, -0.25) is 4.79 Å². The number of nitrogens with two attached hydrogens (primary N) is 1. The molecular formula is C21H26N2O2. The SMILES string of the molecule is COc1cccc(C(N)CC(=O)N(C)C[C@@H]2C[C@H]2c2ccccc2)c1. The standard InChI is InChI=1S/C21H26N2O2/c1-23(14-17-12-19(17)15-7-4-3-5-8-15)21(24)13-20(22)16-9-6-10-18(11-16)25-2/h3-11,17,19-20H,12-14,22H2,1-2H3/t17-,19-,20?/m0/s1. The van der Waals surface area contributed by atoms with Crippen LogP contribution in [0.4, 0.5) is 0 Å². The fourth-order valence-electron chi connectivity index (χ4n) is 3.35. The van der Waals surface area contributed by atoms with E-state index in [1.807, 2.05) is 42.3 Å². The Morgan fingerprint density at radius 1 is 1.24 bits per heavy atom. The lowest BCUT2D eigenvalue weighted by atomic mass is 10.0. The van der Waals surface area contributed by atoms with Gasteiger partial charge < -0.3 is 15.4 Å². The minimum Gasteiger partial charge on any atom is -0.497 e. The smallest absolute Gasteiger partial charge is 0.224 e. The van der Waals surface area contributed by atoms with Gasteiger partial charge in [0.2, 0.25) is 5.91 Å². The van der Waals surface area contributed by atoms with E-state index in [1.165, 1.54) is 5.56 Å². The fraction of sp³-hybridized carbons (Fsp3) is 0.381. The highest BCUT2D eigenvalue weighted by atomic mass is 16.5. The highest BCUT2D eigenvalue weighted by Crippen LogP contribution is 2.47. The van der Waals surface area contributed by atoms with Crippen LogP contribution in [-0.2, 0) is 4.79 Å². The molecule has 132 valence electrons. The maximum atomic E-state index is 12.5. The lowest BCUT2D eigenvalue weighted by Gasteiger charge is -2.20. The predicted octanol–water partition coefficient (Wildman–Crippen LogP) is 3.35. The predicted molar refractivity (Wildman–Crippen MR) is 99.5 cm³/mol. The molecule has 3 rings (SSSR count). The van der Waals surface area contributed by atoms with Crippen molar-refractivity contribution in [3.05, 3.63) is 65.7 Å². The van der Waals surface area contributed by atoms with Crippen molar-refractivity contribution in [1.82, 2.24) is 4.90 Å². The van der Waals surface area contributed by atoms with Crippen LogP contribution in [0.25, 0.3) is 0 Å². The van der Waals surface area contributed by atoms with Gasteiger partial charge in [-0.15, -0.1) is 0 Å². The second-order valence-electron chi connectivity index (χ2n) is 6.87.